The van der Waals surface area contributed by atoms with Crippen molar-refractivity contribution in [3.8, 4) is 0 Å². The van der Waals surface area contributed by atoms with Gasteiger partial charge in [-0.15, -0.1) is 0 Å². The van der Waals surface area contributed by atoms with Gasteiger partial charge in [0.2, 0.25) is 5.95 Å². The summed E-state index contributed by atoms with van der Waals surface area (Å²) in [4.78, 5) is 27.1. The Hall–Kier alpha value is -3.65. The van der Waals surface area contributed by atoms with Gasteiger partial charge < -0.3 is 15.5 Å². The normalized spacial score (nSPS) is 20.1. The van der Waals surface area contributed by atoms with Crippen LogP contribution in [-0.4, -0.2) is 47.0 Å². The van der Waals surface area contributed by atoms with E-state index in [9.17, 15) is 4.79 Å². The second-order valence-corrected chi connectivity index (χ2v) is 9.02. The number of hydrogen-bond donors (Lipinski definition) is 2. The van der Waals surface area contributed by atoms with Crippen molar-refractivity contribution in [2.24, 2.45) is 23.4 Å². The SMILES string of the molecule is Cc1cc(C)nc(N2CC3CN(C(=O)c4ccc5ccccc5c4N(N)/C=C\N)CC3C2)n1. The second kappa shape index (κ2) is 8.37. The maximum atomic E-state index is 13.6. The number of fused-ring (bicyclic) bond motifs is 2. The van der Waals surface area contributed by atoms with Crippen LogP contribution in [-0.2, 0) is 0 Å². The predicted molar refractivity (Wildman–Crippen MR) is 131 cm³/mol. The summed E-state index contributed by atoms with van der Waals surface area (Å²) in [5.74, 6) is 7.88. The van der Waals surface area contributed by atoms with Crippen LogP contribution in [0, 0.1) is 25.7 Å². The topological polar surface area (TPSA) is 105 Å². The van der Waals surface area contributed by atoms with Crippen LogP contribution >= 0.6 is 0 Å². The van der Waals surface area contributed by atoms with Crippen LogP contribution in [0.2, 0.25) is 0 Å². The van der Waals surface area contributed by atoms with Crippen LogP contribution in [0.4, 0.5) is 11.6 Å². The van der Waals surface area contributed by atoms with Gasteiger partial charge in [-0.2, -0.15) is 0 Å². The summed E-state index contributed by atoms with van der Waals surface area (Å²) >= 11 is 0. The minimum absolute atomic E-state index is 0.000208. The van der Waals surface area contributed by atoms with E-state index < -0.39 is 0 Å². The fraction of sp³-hybridized carbons (Fsp3) is 0.320. The molecular formula is C25H29N7O. The number of carbonyl (C=O) groups excluding carboxylic acids is 1. The lowest BCUT2D eigenvalue weighted by atomic mass is 10.0. The number of aromatic nitrogens is 2. The Morgan fingerprint density at radius 3 is 2.36 bits per heavy atom. The van der Waals surface area contributed by atoms with Crippen molar-refractivity contribution in [2.75, 3.05) is 36.1 Å². The summed E-state index contributed by atoms with van der Waals surface area (Å²) < 4.78 is 0. The molecule has 2 saturated heterocycles. The zero-order chi connectivity index (χ0) is 23.1. The molecule has 2 unspecified atom stereocenters. The molecule has 0 saturated carbocycles. The third-order valence-electron chi connectivity index (χ3n) is 6.66. The van der Waals surface area contributed by atoms with Crippen LogP contribution in [0.25, 0.3) is 10.8 Å². The highest BCUT2D eigenvalue weighted by atomic mass is 16.2. The zero-order valence-electron chi connectivity index (χ0n) is 19.0. The standard InChI is InChI=1S/C25H29N7O/c1-16-11-17(2)29-25(28-16)31-14-19-12-30(13-20(19)15-31)24(33)22-8-7-18-5-3-4-6-21(18)23(22)32(27)10-9-26/h3-11,19-20H,12-15,26-27H2,1-2H3/b10-9-. The van der Waals surface area contributed by atoms with Gasteiger partial charge in [-0.1, -0.05) is 30.3 Å². The number of carbonyl (C=O) groups is 1. The molecule has 4 N–H and O–H groups in total. The summed E-state index contributed by atoms with van der Waals surface area (Å²) in [6.07, 6.45) is 2.94. The molecule has 2 atom stereocenters. The van der Waals surface area contributed by atoms with Gasteiger partial charge in [-0.05, 0) is 31.4 Å². The van der Waals surface area contributed by atoms with Crippen molar-refractivity contribution in [3.63, 3.8) is 0 Å². The molecule has 3 aromatic rings. The van der Waals surface area contributed by atoms with Gasteiger partial charge >= 0.3 is 0 Å². The molecule has 1 amide bonds. The number of hydrazine groups is 1. The molecule has 0 spiro atoms. The van der Waals surface area contributed by atoms with Gasteiger partial charge in [0, 0.05) is 67.2 Å². The molecule has 2 aliphatic rings. The number of nitrogens with two attached hydrogens (primary N) is 2. The van der Waals surface area contributed by atoms with Crippen LogP contribution < -0.4 is 21.5 Å². The lowest BCUT2D eigenvalue weighted by Gasteiger charge is -2.25. The molecule has 8 nitrogen and oxygen atoms in total. The fourth-order valence-electron chi connectivity index (χ4n) is 5.21. The Labute approximate surface area is 193 Å². The molecule has 0 bridgehead atoms. The summed E-state index contributed by atoms with van der Waals surface area (Å²) in [5.41, 5.74) is 8.80. The van der Waals surface area contributed by atoms with Gasteiger partial charge in [-0.3, -0.25) is 9.80 Å². The number of anilines is 2. The first kappa shape index (κ1) is 21.2. The number of hydrogen-bond acceptors (Lipinski definition) is 7. The summed E-state index contributed by atoms with van der Waals surface area (Å²) in [6.45, 7) is 7.15. The molecular weight excluding hydrogens is 414 g/mol. The molecule has 170 valence electrons. The molecule has 8 heteroatoms. The quantitative estimate of drug-likeness (QED) is 0.472. The number of nitrogens with zero attached hydrogens (tertiary/aromatic N) is 5. The minimum atomic E-state index is 0.000208. The molecule has 2 aliphatic heterocycles. The fourth-order valence-corrected chi connectivity index (χ4v) is 5.21. The molecule has 2 aromatic carbocycles. The molecule has 1 aromatic heterocycles. The third kappa shape index (κ3) is 3.87. The van der Waals surface area contributed by atoms with Gasteiger partial charge in [0.05, 0.1) is 11.3 Å². The van der Waals surface area contributed by atoms with Crippen molar-refractivity contribution in [2.45, 2.75) is 13.8 Å². The first-order chi connectivity index (χ1) is 15.9. The van der Waals surface area contributed by atoms with Crippen molar-refractivity contribution in [1.29, 1.82) is 0 Å². The van der Waals surface area contributed by atoms with Crippen LogP contribution in [0.5, 0.6) is 0 Å². The number of aryl methyl sites for hydroxylation is 2. The molecule has 33 heavy (non-hydrogen) atoms. The predicted octanol–water partition coefficient (Wildman–Crippen LogP) is 2.57. The van der Waals surface area contributed by atoms with Gasteiger partial charge in [-0.25, -0.2) is 15.8 Å². The van der Waals surface area contributed by atoms with E-state index in [0.29, 0.717) is 36.2 Å². The van der Waals surface area contributed by atoms with Crippen molar-refractivity contribution in [3.05, 3.63) is 71.8 Å². The third-order valence-corrected chi connectivity index (χ3v) is 6.66. The highest BCUT2D eigenvalue weighted by molar-refractivity contribution is 6.09. The summed E-state index contributed by atoms with van der Waals surface area (Å²) in [5, 5.41) is 3.37. The van der Waals surface area contributed by atoms with E-state index in [-0.39, 0.29) is 5.91 Å². The van der Waals surface area contributed by atoms with E-state index in [4.69, 9.17) is 11.6 Å². The van der Waals surface area contributed by atoms with E-state index in [0.717, 1.165) is 41.2 Å². The van der Waals surface area contributed by atoms with Crippen LogP contribution in [0.15, 0.2) is 54.9 Å². The van der Waals surface area contributed by atoms with Gasteiger partial charge in [0.15, 0.2) is 0 Å². The second-order valence-electron chi connectivity index (χ2n) is 9.02. The van der Waals surface area contributed by atoms with Crippen molar-refractivity contribution >= 4 is 28.3 Å². The van der Waals surface area contributed by atoms with Crippen molar-refractivity contribution in [1.82, 2.24) is 14.9 Å². The lowest BCUT2D eigenvalue weighted by Crippen LogP contribution is -2.35. The maximum Gasteiger partial charge on any atom is 0.256 e. The van der Waals surface area contributed by atoms with E-state index >= 15 is 0 Å². The molecule has 3 heterocycles. The van der Waals surface area contributed by atoms with E-state index in [1.54, 1.807) is 6.20 Å². The molecule has 5 rings (SSSR count). The first-order valence-electron chi connectivity index (χ1n) is 11.2. The average Bonchev–Trinajstić information content (AvgIpc) is 3.37. The van der Waals surface area contributed by atoms with Gasteiger partial charge in [0.1, 0.15) is 0 Å². The Balaban J connectivity index is 1.38. The molecule has 0 aliphatic carbocycles. The van der Waals surface area contributed by atoms with E-state index in [1.807, 2.05) is 61.2 Å². The first-order valence-corrected chi connectivity index (χ1v) is 11.2. The largest absolute Gasteiger partial charge is 0.403 e. The van der Waals surface area contributed by atoms with Crippen molar-refractivity contribution < 1.29 is 4.79 Å². The summed E-state index contributed by atoms with van der Waals surface area (Å²) in [6, 6.07) is 13.7. The highest BCUT2D eigenvalue weighted by Crippen LogP contribution is 2.36. The van der Waals surface area contributed by atoms with E-state index in [1.165, 1.54) is 11.2 Å². The maximum absolute atomic E-state index is 13.6. The average molecular weight is 444 g/mol. The molecule has 0 radical (unpaired) electrons. The summed E-state index contributed by atoms with van der Waals surface area (Å²) in [7, 11) is 0. The smallest absolute Gasteiger partial charge is 0.256 e. The number of rotatable bonds is 4. The minimum Gasteiger partial charge on any atom is -0.403 e. The van der Waals surface area contributed by atoms with Crippen LogP contribution in [0.3, 0.4) is 0 Å². The zero-order valence-corrected chi connectivity index (χ0v) is 19.0. The van der Waals surface area contributed by atoms with E-state index in [2.05, 4.69) is 14.9 Å². The highest BCUT2D eigenvalue weighted by Gasteiger charge is 2.43. The van der Waals surface area contributed by atoms with Crippen LogP contribution in [0.1, 0.15) is 21.7 Å². The lowest BCUT2D eigenvalue weighted by molar-refractivity contribution is 0.0783. The Kier molecular flexibility index (Phi) is 5.38. The Morgan fingerprint density at radius 2 is 1.70 bits per heavy atom. The Morgan fingerprint density at radius 1 is 1.03 bits per heavy atom. The monoisotopic (exact) mass is 443 g/mol. The molecule has 2 fully saturated rings. The van der Waals surface area contributed by atoms with Gasteiger partial charge in [0.25, 0.3) is 5.91 Å². The number of amides is 1. The Bertz CT molecular complexity index is 1210. The number of benzene rings is 2. The number of likely N-dealkylation sites (tertiary alicyclic amines) is 1.